The summed E-state index contributed by atoms with van der Waals surface area (Å²) in [6.45, 7) is 2.34. The van der Waals surface area contributed by atoms with E-state index in [-0.39, 0.29) is 0 Å². The summed E-state index contributed by atoms with van der Waals surface area (Å²) in [4.78, 5) is 12.2. The SMILES string of the molecule is COC(=O)Nc1ccc(OCc2sccc2OC)cc1C. The molecule has 0 aliphatic rings. The van der Waals surface area contributed by atoms with E-state index in [4.69, 9.17) is 9.47 Å². The lowest BCUT2D eigenvalue weighted by molar-refractivity contribution is 0.187. The van der Waals surface area contributed by atoms with Crippen molar-refractivity contribution in [3.8, 4) is 11.5 Å². The third-order valence-corrected chi connectivity index (χ3v) is 3.79. The minimum atomic E-state index is -0.491. The van der Waals surface area contributed by atoms with Gasteiger partial charge < -0.3 is 14.2 Å². The van der Waals surface area contributed by atoms with Crippen molar-refractivity contribution < 1.29 is 19.0 Å². The highest BCUT2D eigenvalue weighted by molar-refractivity contribution is 7.10. The number of nitrogens with one attached hydrogen (secondary N) is 1. The van der Waals surface area contributed by atoms with Crippen molar-refractivity contribution in [1.82, 2.24) is 0 Å². The Hall–Kier alpha value is -2.21. The lowest BCUT2D eigenvalue weighted by Crippen LogP contribution is -2.11. The maximum atomic E-state index is 11.2. The molecule has 0 saturated carbocycles. The third-order valence-electron chi connectivity index (χ3n) is 2.91. The second kappa shape index (κ2) is 6.99. The number of carbonyl (C=O) groups excluding carboxylic acids is 1. The van der Waals surface area contributed by atoms with Crippen molar-refractivity contribution in [3.63, 3.8) is 0 Å². The van der Waals surface area contributed by atoms with Crippen LogP contribution in [-0.4, -0.2) is 20.3 Å². The molecule has 1 N–H and O–H groups in total. The van der Waals surface area contributed by atoms with Crippen molar-refractivity contribution in [2.45, 2.75) is 13.5 Å². The highest BCUT2D eigenvalue weighted by Crippen LogP contribution is 2.27. The molecule has 0 spiro atoms. The smallest absolute Gasteiger partial charge is 0.411 e. The number of amides is 1. The van der Waals surface area contributed by atoms with Crippen LogP contribution >= 0.6 is 11.3 Å². The maximum absolute atomic E-state index is 11.2. The van der Waals surface area contributed by atoms with Crippen molar-refractivity contribution in [1.29, 1.82) is 0 Å². The Kier molecular flexibility index (Phi) is 5.05. The molecule has 1 heterocycles. The number of carbonyl (C=O) groups is 1. The van der Waals surface area contributed by atoms with Crippen LogP contribution in [0.1, 0.15) is 10.4 Å². The fourth-order valence-electron chi connectivity index (χ4n) is 1.79. The number of hydrogen-bond acceptors (Lipinski definition) is 5. The highest BCUT2D eigenvalue weighted by Gasteiger charge is 2.08. The normalized spacial score (nSPS) is 10.0. The molecule has 0 atom stereocenters. The van der Waals surface area contributed by atoms with E-state index in [0.29, 0.717) is 12.3 Å². The Labute approximate surface area is 127 Å². The zero-order chi connectivity index (χ0) is 15.2. The minimum absolute atomic E-state index is 0.448. The number of benzene rings is 1. The van der Waals surface area contributed by atoms with Gasteiger partial charge in [-0.25, -0.2) is 4.79 Å². The molecule has 112 valence electrons. The van der Waals surface area contributed by atoms with E-state index in [1.807, 2.05) is 24.4 Å². The van der Waals surface area contributed by atoms with E-state index in [1.54, 1.807) is 30.6 Å². The van der Waals surface area contributed by atoms with Gasteiger partial charge in [0.2, 0.25) is 0 Å². The molecule has 0 saturated heterocycles. The minimum Gasteiger partial charge on any atom is -0.495 e. The van der Waals surface area contributed by atoms with Gasteiger partial charge in [-0.2, -0.15) is 0 Å². The van der Waals surface area contributed by atoms with Crippen molar-refractivity contribution in [2.75, 3.05) is 19.5 Å². The summed E-state index contributed by atoms with van der Waals surface area (Å²) in [5, 5.41) is 4.60. The summed E-state index contributed by atoms with van der Waals surface area (Å²) < 4.78 is 15.6. The van der Waals surface area contributed by atoms with Crippen LogP contribution < -0.4 is 14.8 Å². The lowest BCUT2D eigenvalue weighted by Gasteiger charge is -2.11. The Bertz CT molecular complexity index is 624. The molecule has 0 unspecified atom stereocenters. The second-order valence-electron chi connectivity index (χ2n) is 4.29. The van der Waals surface area contributed by atoms with Gasteiger partial charge in [0.1, 0.15) is 18.1 Å². The van der Waals surface area contributed by atoms with Gasteiger partial charge in [0.25, 0.3) is 0 Å². The number of anilines is 1. The Balaban J connectivity index is 2.02. The summed E-state index contributed by atoms with van der Waals surface area (Å²) in [6.07, 6.45) is -0.491. The molecule has 0 aliphatic carbocycles. The summed E-state index contributed by atoms with van der Waals surface area (Å²) >= 11 is 1.59. The van der Waals surface area contributed by atoms with E-state index >= 15 is 0 Å². The van der Waals surface area contributed by atoms with Gasteiger partial charge in [-0.15, -0.1) is 11.3 Å². The van der Waals surface area contributed by atoms with Crippen LogP contribution in [0.15, 0.2) is 29.6 Å². The van der Waals surface area contributed by atoms with E-state index in [0.717, 1.165) is 21.9 Å². The molecule has 0 fully saturated rings. The molecule has 2 rings (SSSR count). The van der Waals surface area contributed by atoms with Crippen molar-refractivity contribution in [2.24, 2.45) is 0 Å². The molecular formula is C15H17NO4S. The van der Waals surface area contributed by atoms with Gasteiger partial charge in [-0.3, -0.25) is 5.32 Å². The molecule has 6 heteroatoms. The van der Waals surface area contributed by atoms with Crippen LogP contribution in [0.4, 0.5) is 10.5 Å². The fraction of sp³-hybridized carbons (Fsp3) is 0.267. The van der Waals surface area contributed by atoms with Crippen molar-refractivity contribution >= 4 is 23.1 Å². The molecule has 0 aliphatic heterocycles. The summed E-state index contributed by atoms with van der Waals surface area (Å²) in [5.41, 5.74) is 1.60. The van der Waals surface area contributed by atoms with Crippen LogP contribution in [0.3, 0.4) is 0 Å². The van der Waals surface area contributed by atoms with E-state index in [9.17, 15) is 4.79 Å². The zero-order valence-electron chi connectivity index (χ0n) is 12.1. The summed E-state index contributed by atoms with van der Waals surface area (Å²) in [7, 11) is 2.97. The van der Waals surface area contributed by atoms with E-state index < -0.39 is 6.09 Å². The summed E-state index contributed by atoms with van der Waals surface area (Å²) in [6, 6.07) is 7.37. The predicted octanol–water partition coefficient (Wildman–Crippen LogP) is 3.82. The van der Waals surface area contributed by atoms with Crippen LogP contribution in [0, 0.1) is 6.92 Å². The predicted molar refractivity (Wildman–Crippen MR) is 82.4 cm³/mol. The van der Waals surface area contributed by atoms with Gasteiger partial charge in [0, 0.05) is 5.69 Å². The van der Waals surface area contributed by atoms with Crippen LogP contribution in [-0.2, 0) is 11.3 Å². The first kappa shape index (κ1) is 15.2. The van der Waals surface area contributed by atoms with E-state index in [1.165, 1.54) is 7.11 Å². The number of ether oxygens (including phenoxy) is 3. The molecule has 0 bridgehead atoms. The Morgan fingerprint density at radius 1 is 1.29 bits per heavy atom. The first-order valence-corrected chi connectivity index (χ1v) is 7.20. The second-order valence-corrected chi connectivity index (χ2v) is 5.29. The number of thiophene rings is 1. The molecule has 0 radical (unpaired) electrons. The molecule has 1 amide bonds. The van der Waals surface area contributed by atoms with Gasteiger partial charge in [0.15, 0.2) is 0 Å². The highest BCUT2D eigenvalue weighted by atomic mass is 32.1. The fourth-order valence-corrected chi connectivity index (χ4v) is 2.54. The first-order chi connectivity index (χ1) is 10.1. The van der Waals surface area contributed by atoms with Crippen molar-refractivity contribution in [3.05, 3.63) is 40.1 Å². The molecular weight excluding hydrogens is 290 g/mol. The standard InChI is InChI=1S/C15H17NO4S/c1-10-8-11(4-5-12(10)16-15(17)19-3)20-9-14-13(18-2)6-7-21-14/h4-8H,9H2,1-3H3,(H,16,17). The van der Waals surface area contributed by atoms with Gasteiger partial charge >= 0.3 is 6.09 Å². The molecule has 1 aromatic heterocycles. The first-order valence-electron chi connectivity index (χ1n) is 6.33. The van der Waals surface area contributed by atoms with Crippen LogP contribution in [0.5, 0.6) is 11.5 Å². The third kappa shape index (κ3) is 3.88. The monoisotopic (exact) mass is 307 g/mol. The maximum Gasteiger partial charge on any atom is 0.411 e. The lowest BCUT2D eigenvalue weighted by atomic mass is 10.2. The number of rotatable bonds is 5. The van der Waals surface area contributed by atoms with Gasteiger partial charge in [-0.05, 0) is 42.1 Å². The largest absolute Gasteiger partial charge is 0.495 e. The summed E-state index contributed by atoms with van der Waals surface area (Å²) in [5.74, 6) is 1.57. The van der Waals surface area contributed by atoms with Gasteiger partial charge in [0.05, 0.1) is 19.1 Å². The average Bonchev–Trinajstić information content (AvgIpc) is 2.95. The average molecular weight is 307 g/mol. The Morgan fingerprint density at radius 2 is 2.10 bits per heavy atom. The molecule has 1 aromatic carbocycles. The quantitative estimate of drug-likeness (QED) is 0.912. The number of methoxy groups -OCH3 is 2. The molecule has 21 heavy (non-hydrogen) atoms. The molecule has 2 aromatic rings. The van der Waals surface area contributed by atoms with E-state index in [2.05, 4.69) is 10.1 Å². The van der Waals surface area contributed by atoms with Crippen LogP contribution in [0.25, 0.3) is 0 Å². The van der Waals surface area contributed by atoms with Gasteiger partial charge in [-0.1, -0.05) is 0 Å². The topological polar surface area (TPSA) is 56.8 Å². The zero-order valence-corrected chi connectivity index (χ0v) is 13.0. The Morgan fingerprint density at radius 3 is 2.76 bits per heavy atom. The number of hydrogen-bond donors (Lipinski definition) is 1. The molecule has 5 nitrogen and oxygen atoms in total. The number of aryl methyl sites for hydroxylation is 1. The van der Waals surface area contributed by atoms with Crippen LogP contribution in [0.2, 0.25) is 0 Å².